The Morgan fingerprint density at radius 1 is 1.11 bits per heavy atom. The highest BCUT2D eigenvalue weighted by Gasteiger charge is 2.71. The van der Waals surface area contributed by atoms with Gasteiger partial charge in [-0.1, -0.05) is 11.6 Å². The number of quaternary nitrogens is 1. The van der Waals surface area contributed by atoms with E-state index in [1.165, 1.54) is 17.0 Å². The minimum absolute atomic E-state index is 0.130. The first-order chi connectivity index (χ1) is 21.8. The number of benzene rings is 2. The summed E-state index contributed by atoms with van der Waals surface area (Å²) in [6, 6.07) is 6.42. The number of alkyl halides is 3. The highest BCUT2D eigenvalue weighted by molar-refractivity contribution is 8.00. The minimum atomic E-state index is -4.80. The van der Waals surface area contributed by atoms with Crippen molar-refractivity contribution in [3.63, 3.8) is 0 Å². The Hall–Kier alpha value is -3.18. The number of rotatable bonds is 6. The summed E-state index contributed by atoms with van der Waals surface area (Å²) in [6.45, 7) is 5.61. The molecule has 0 radical (unpaired) electrons. The second-order valence-electron chi connectivity index (χ2n) is 12.7. The Labute approximate surface area is 276 Å². The molecule has 0 spiro atoms. The number of hydrogen-bond donors (Lipinski definition) is 3. The smallest absolute Gasteiger partial charge is 0.351 e. The quantitative estimate of drug-likeness (QED) is 0.338. The topological polar surface area (TPSA) is 124 Å². The van der Waals surface area contributed by atoms with Gasteiger partial charge in [0.25, 0.3) is 5.91 Å². The molecule has 3 aliphatic rings. The van der Waals surface area contributed by atoms with Gasteiger partial charge in [0, 0.05) is 27.9 Å². The Balaban J connectivity index is 1.13. The summed E-state index contributed by atoms with van der Waals surface area (Å²) in [5, 5.41) is 0.103. The second kappa shape index (κ2) is 11.5. The number of sulfonamides is 1. The fraction of sp³-hybridized carbons (Fsp3) is 0.433. The molecule has 0 bridgehead atoms. The number of nitrogens with one attached hydrogen (secondary N) is 3. The Morgan fingerprint density at radius 2 is 1.83 bits per heavy atom. The molecular formula is C30H31ClF4N5O5S2+. The maximum atomic E-state index is 14.2. The van der Waals surface area contributed by atoms with Gasteiger partial charge in [0.2, 0.25) is 15.9 Å². The summed E-state index contributed by atoms with van der Waals surface area (Å²) in [6.07, 6.45) is -4.80. The molecule has 0 saturated carbocycles. The molecule has 1 unspecified atom stereocenters. The zero-order chi connectivity index (χ0) is 34.3. The number of thioether (sulfide) groups is 1. The standard InChI is InChI=1S/C30H30ClF4N5O5S2/c1-28(2)25(38(8-9-46-28)26(42)21-11-16-10-18(32)5-7-20(16)37-21)27(43)40-14-23-29(40,3)15-39(23)24(41)13-36-47(44,45)22-12-17(30(33,34)35)4-6-19(22)31/h4-7,10-12,23,25,36-37H,8-9,13-15H2,1-3H3/p+1/t23-,25-,29-/m1/s1. The van der Waals surface area contributed by atoms with Crippen molar-refractivity contribution in [3.8, 4) is 0 Å². The van der Waals surface area contributed by atoms with Gasteiger partial charge in [0.1, 0.15) is 34.5 Å². The average Bonchev–Trinajstić information content (AvgIpc) is 3.40. The van der Waals surface area contributed by atoms with Gasteiger partial charge in [-0.15, -0.1) is 0 Å². The van der Waals surface area contributed by atoms with E-state index in [0.29, 0.717) is 40.2 Å². The summed E-state index contributed by atoms with van der Waals surface area (Å²) >= 11 is 7.45. The number of likely N-dealkylation sites (tertiary alicyclic amines) is 2. The highest BCUT2D eigenvalue weighted by atomic mass is 35.5. The number of carbonyl (C=O) groups excluding carboxylic acids is 3. The van der Waals surface area contributed by atoms with Crippen LogP contribution in [0.2, 0.25) is 5.02 Å². The fourth-order valence-electron chi connectivity index (χ4n) is 6.80. The summed E-state index contributed by atoms with van der Waals surface area (Å²) in [4.78, 5) is 46.8. The van der Waals surface area contributed by atoms with Gasteiger partial charge >= 0.3 is 12.1 Å². The molecule has 2 aromatic carbocycles. The SMILES string of the molecule is CC1(C)SCCN(C(=O)c2cc3cc(F)ccc3[nH]2)[C@@H]1C(=O)[NH+]1C[C@H]2N(C(=O)CNS(=O)(=O)c3cc(C(F)(F)F)ccc3Cl)C[C@]21C. The van der Waals surface area contributed by atoms with Crippen LogP contribution in [-0.2, 0) is 25.8 Å². The highest BCUT2D eigenvalue weighted by Crippen LogP contribution is 2.39. The third-order valence-electron chi connectivity index (χ3n) is 9.38. The molecule has 3 fully saturated rings. The number of halogens is 5. The number of carbonyl (C=O) groups is 3. The second-order valence-corrected chi connectivity index (χ2v) is 16.6. The van der Waals surface area contributed by atoms with Crippen LogP contribution in [0.15, 0.2) is 47.4 Å². The summed E-state index contributed by atoms with van der Waals surface area (Å²) in [5.41, 5.74) is -1.05. The van der Waals surface area contributed by atoms with Crippen LogP contribution >= 0.6 is 23.4 Å². The summed E-state index contributed by atoms with van der Waals surface area (Å²) in [5.74, 6) is -1.02. The molecule has 6 rings (SSSR count). The molecule has 4 heterocycles. The number of aromatic nitrogens is 1. The third kappa shape index (κ3) is 5.81. The van der Waals surface area contributed by atoms with Crippen LogP contribution in [0.1, 0.15) is 36.8 Å². The minimum Gasteiger partial charge on any atom is -0.351 e. The van der Waals surface area contributed by atoms with E-state index in [4.69, 9.17) is 11.6 Å². The van der Waals surface area contributed by atoms with E-state index in [1.54, 1.807) is 28.8 Å². The van der Waals surface area contributed by atoms with Gasteiger partial charge in [-0.25, -0.2) is 22.3 Å². The van der Waals surface area contributed by atoms with Crippen molar-refractivity contribution >= 4 is 62.0 Å². The van der Waals surface area contributed by atoms with E-state index >= 15 is 0 Å². The molecular weight excluding hydrogens is 686 g/mol. The summed E-state index contributed by atoms with van der Waals surface area (Å²) in [7, 11) is -4.56. The lowest BCUT2D eigenvalue weighted by molar-refractivity contribution is -0.945. The average molecular weight is 717 g/mol. The molecule has 0 aliphatic carbocycles. The van der Waals surface area contributed by atoms with Crippen molar-refractivity contribution in [1.82, 2.24) is 19.5 Å². The van der Waals surface area contributed by atoms with Gasteiger partial charge in [0.15, 0.2) is 6.04 Å². The predicted octanol–water partition coefficient (Wildman–Crippen LogP) is 2.69. The van der Waals surface area contributed by atoms with Crippen LogP contribution in [-0.4, -0.2) is 95.2 Å². The van der Waals surface area contributed by atoms with Gasteiger partial charge in [-0.05, 0) is 63.2 Å². The van der Waals surface area contributed by atoms with Crippen LogP contribution in [0, 0.1) is 5.82 Å². The van der Waals surface area contributed by atoms with Crippen molar-refractivity contribution in [3.05, 3.63) is 64.6 Å². The molecule has 3 aliphatic heterocycles. The molecule has 1 aromatic heterocycles. The Kier molecular flexibility index (Phi) is 8.22. The van der Waals surface area contributed by atoms with E-state index in [2.05, 4.69) is 4.98 Å². The van der Waals surface area contributed by atoms with Crippen molar-refractivity contribution in [2.75, 3.05) is 31.9 Å². The predicted molar refractivity (Wildman–Crippen MR) is 166 cm³/mol. The fourth-order valence-corrected chi connectivity index (χ4v) is 9.50. The van der Waals surface area contributed by atoms with E-state index in [-0.39, 0.29) is 36.6 Å². The normalized spacial score (nSPS) is 25.6. The Bertz CT molecular complexity index is 1920. The van der Waals surface area contributed by atoms with Crippen molar-refractivity contribution in [2.45, 2.75) is 54.2 Å². The summed E-state index contributed by atoms with van der Waals surface area (Å²) < 4.78 is 80.2. The monoisotopic (exact) mass is 716 g/mol. The number of hydrogen-bond acceptors (Lipinski definition) is 6. The van der Waals surface area contributed by atoms with E-state index in [1.807, 2.05) is 25.5 Å². The number of amides is 3. The number of piperazine rings is 1. The van der Waals surface area contributed by atoms with Crippen LogP contribution in [0.4, 0.5) is 17.6 Å². The molecule has 3 saturated heterocycles. The van der Waals surface area contributed by atoms with Crippen molar-refractivity contribution < 1.29 is 45.3 Å². The number of H-pyrrole nitrogens is 1. The molecule has 47 heavy (non-hydrogen) atoms. The Morgan fingerprint density at radius 3 is 2.49 bits per heavy atom. The van der Waals surface area contributed by atoms with Crippen molar-refractivity contribution in [1.29, 1.82) is 0 Å². The van der Waals surface area contributed by atoms with E-state index < -0.39 is 66.3 Å². The van der Waals surface area contributed by atoms with Crippen LogP contribution in [0.5, 0.6) is 0 Å². The van der Waals surface area contributed by atoms with Gasteiger partial charge in [-0.2, -0.15) is 24.9 Å². The number of nitrogens with zero attached hydrogens (tertiary/aromatic N) is 2. The zero-order valence-corrected chi connectivity index (χ0v) is 27.8. The lowest BCUT2D eigenvalue weighted by Crippen LogP contribution is -3.37. The first-order valence-electron chi connectivity index (χ1n) is 14.6. The van der Waals surface area contributed by atoms with E-state index in [9.17, 15) is 40.4 Å². The molecule has 252 valence electrons. The maximum absolute atomic E-state index is 14.2. The largest absolute Gasteiger partial charge is 0.416 e. The third-order valence-corrected chi connectivity index (χ3v) is 12.6. The lowest BCUT2D eigenvalue weighted by Gasteiger charge is -2.65. The van der Waals surface area contributed by atoms with Crippen LogP contribution < -0.4 is 9.62 Å². The molecule has 4 atom stereocenters. The maximum Gasteiger partial charge on any atom is 0.416 e. The van der Waals surface area contributed by atoms with E-state index in [0.717, 1.165) is 6.07 Å². The number of fused-ring (bicyclic) bond motifs is 2. The number of aromatic amines is 1. The van der Waals surface area contributed by atoms with Gasteiger partial charge < -0.3 is 14.8 Å². The zero-order valence-electron chi connectivity index (χ0n) is 25.4. The lowest BCUT2D eigenvalue weighted by atomic mass is 9.71. The first-order valence-corrected chi connectivity index (χ1v) is 17.5. The van der Waals surface area contributed by atoms with Crippen LogP contribution in [0.25, 0.3) is 10.9 Å². The van der Waals surface area contributed by atoms with Gasteiger partial charge in [-0.3, -0.25) is 14.5 Å². The van der Waals surface area contributed by atoms with Gasteiger partial charge in [0.05, 0.1) is 23.7 Å². The molecule has 17 heteroatoms. The molecule has 3 N–H and O–H groups in total. The molecule has 10 nitrogen and oxygen atoms in total. The molecule has 3 aromatic rings. The van der Waals surface area contributed by atoms with Crippen LogP contribution in [0.3, 0.4) is 0 Å². The first kappa shape index (κ1) is 33.7. The molecule has 3 amide bonds. The van der Waals surface area contributed by atoms with Crippen molar-refractivity contribution in [2.24, 2.45) is 0 Å².